The molecule has 2 heterocycles. The van der Waals surface area contributed by atoms with Gasteiger partial charge >= 0.3 is 12.1 Å². The number of hydrogen-bond donors (Lipinski definition) is 0. The van der Waals surface area contributed by atoms with Gasteiger partial charge < -0.3 is 4.42 Å². The zero-order valence-corrected chi connectivity index (χ0v) is 15.1. The van der Waals surface area contributed by atoms with Gasteiger partial charge in [0.05, 0.1) is 10.8 Å². The molecule has 1 aliphatic rings. The molecule has 1 aromatic heterocycles. The number of alkyl halides is 3. The Bertz CT molecular complexity index is 852. The maximum Gasteiger partial charge on any atom is 0.470 e. The van der Waals surface area contributed by atoms with Gasteiger partial charge in [-0.05, 0) is 37.1 Å². The van der Waals surface area contributed by atoms with Crippen molar-refractivity contribution in [2.75, 3.05) is 13.1 Å². The van der Waals surface area contributed by atoms with Gasteiger partial charge in [0, 0.05) is 17.6 Å². The highest BCUT2D eigenvalue weighted by molar-refractivity contribution is 9.10. The van der Waals surface area contributed by atoms with Crippen molar-refractivity contribution in [3.8, 4) is 0 Å². The van der Waals surface area contributed by atoms with Crippen LogP contribution in [-0.4, -0.2) is 36.0 Å². The van der Waals surface area contributed by atoms with E-state index in [1.807, 2.05) is 0 Å². The molecule has 1 unspecified atom stereocenters. The second kappa shape index (κ2) is 6.69. The minimum absolute atomic E-state index is 0.00210. The van der Waals surface area contributed by atoms with E-state index in [-0.39, 0.29) is 23.9 Å². The Hall–Kier alpha value is -1.46. The molecular formula is C14H13BrF3N3O3S. The van der Waals surface area contributed by atoms with Gasteiger partial charge in [-0.2, -0.15) is 17.5 Å². The smallest absolute Gasteiger partial charge is 0.417 e. The van der Waals surface area contributed by atoms with E-state index < -0.39 is 28.0 Å². The Morgan fingerprint density at radius 1 is 1.20 bits per heavy atom. The van der Waals surface area contributed by atoms with E-state index in [4.69, 9.17) is 4.42 Å². The molecule has 11 heteroatoms. The number of rotatable bonds is 3. The van der Waals surface area contributed by atoms with Gasteiger partial charge in [0.25, 0.3) is 0 Å². The molecule has 1 saturated heterocycles. The summed E-state index contributed by atoms with van der Waals surface area (Å²) in [5.41, 5.74) is 0. The third-order valence-corrected chi connectivity index (χ3v) is 6.28. The molecule has 6 nitrogen and oxygen atoms in total. The number of hydrogen-bond acceptors (Lipinski definition) is 5. The SMILES string of the molecule is O=S(=O)(c1ccc(Br)cc1)N1CCCC(c2nnc(C(F)(F)F)o2)C1. The van der Waals surface area contributed by atoms with Crippen LogP contribution in [0, 0.1) is 0 Å². The van der Waals surface area contributed by atoms with Crippen molar-refractivity contribution in [2.24, 2.45) is 0 Å². The fourth-order valence-electron chi connectivity index (χ4n) is 2.63. The second-order valence-electron chi connectivity index (χ2n) is 5.60. The van der Waals surface area contributed by atoms with Crippen molar-refractivity contribution in [1.82, 2.24) is 14.5 Å². The second-order valence-corrected chi connectivity index (χ2v) is 8.45. The van der Waals surface area contributed by atoms with Crippen LogP contribution < -0.4 is 0 Å². The average molecular weight is 440 g/mol. The predicted molar refractivity (Wildman–Crippen MR) is 84.2 cm³/mol. The van der Waals surface area contributed by atoms with Crippen LogP contribution in [0.2, 0.25) is 0 Å². The third-order valence-electron chi connectivity index (χ3n) is 3.87. The van der Waals surface area contributed by atoms with Crippen LogP contribution in [0.15, 0.2) is 38.1 Å². The van der Waals surface area contributed by atoms with Gasteiger partial charge in [-0.3, -0.25) is 0 Å². The number of benzene rings is 1. The molecule has 1 fully saturated rings. The summed E-state index contributed by atoms with van der Waals surface area (Å²) in [6.45, 7) is 0.285. The molecule has 1 aromatic carbocycles. The number of sulfonamides is 1. The van der Waals surface area contributed by atoms with Crippen LogP contribution in [-0.2, 0) is 16.2 Å². The van der Waals surface area contributed by atoms with Crippen molar-refractivity contribution in [3.05, 3.63) is 40.5 Å². The predicted octanol–water partition coefficient (Wildman–Crippen LogP) is 3.42. The number of nitrogens with zero attached hydrogens (tertiary/aromatic N) is 3. The average Bonchev–Trinajstić information content (AvgIpc) is 3.06. The first-order valence-electron chi connectivity index (χ1n) is 7.34. The summed E-state index contributed by atoms with van der Waals surface area (Å²) < 4.78 is 69.8. The minimum Gasteiger partial charge on any atom is -0.417 e. The van der Waals surface area contributed by atoms with Crippen molar-refractivity contribution in [3.63, 3.8) is 0 Å². The van der Waals surface area contributed by atoms with Crippen LogP contribution >= 0.6 is 15.9 Å². The summed E-state index contributed by atoms with van der Waals surface area (Å²) >= 11 is 3.24. The maximum atomic E-state index is 12.7. The van der Waals surface area contributed by atoms with Crippen LogP contribution in [0.25, 0.3) is 0 Å². The molecule has 1 aliphatic heterocycles. The van der Waals surface area contributed by atoms with Gasteiger partial charge in [-0.15, -0.1) is 10.2 Å². The topological polar surface area (TPSA) is 76.3 Å². The summed E-state index contributed by atoms with van der Waals surface area (Å²) in [6, 6.07) is 6.17. The van der Waals surface area contributed by atoms with Crippen LogP contribution in [0.5, 0.6) is 0 Å². The monoisotopic (exact) mass is 439 g/mol. The summed E-state index contributed by atoms with van der Waals surface area (Å²) in [4.78, 5) is 0.123. The molecule has 0 radical (unpaired) electrons. The minimum atomic E-state index is -4.72. The van der Waals surface area contributed by atoms with Crippen LogP contribution in [0.1, 0.15) is 30.5 Å². The molecule has 3 rings (SSSR count). The lowest BCUT2D eigenvalue weighted by Crippen LogP contribution is -2.39. The molecule has 136 valence electrons. The molecule has 1 atom stereocenters. The maximum absolute atomic E-state index is 12.7. The first kappa shape index (κ1) is 18.3. The molecule has 2 aromatic rings. The fourth-order valence-corrected chi connectivity index (χ4v) is 4.42. The van der Waals surface area contributed by atoms with Gasteiger partial charge in [-0.1, -0.05) is 15.9 Å². The Kier molecular flexibility index (Phi) is 4.91. The Morgan fingerprint density at radius 2 is 1.88 bits per heavy atom. The number of aromatic nitrogens is 2. The van der Waals surface area contributed by atoms with Crippen LogP contribution in [0.3, 0.4) is 0 Å². The number of halogens is 4. The molecule has 0 saturated carbocycles. The van der Waals surface area contributed by atoms with Gasteiger partial charge in [0.1, 0.15) is 0 Å². The summed E-state index contributed by atoms with van der Waals surface area (Å²) in [7, 11) is -3.74. The first-order valence-corrected chi connectivity index (χ1v) is 9.57. The standard InChI is InChI=1S/C14H13BrF3N3O3S/c15-10-3-5-11(6-4-10)25(22,23)21-7-1-2-9(8-21)12-19-20-13(24-12)14(16,17)18/h3-6,9H,1-2,7-8H2. The Labute approximate surface area is 150 Å². The van der Waals surface area contributed by atoms with E-state index in [1.165, 1.54) is 16.4 Å². The molecular weight excluding hydrogens is 427 g/mol. The quantitative estimate of drug-likeness (QED) is 0.731. The van der Waals surface area contributed by atoms with Crippen LogP contribution in [0.4, 0.5) is 13.2 Å². The molecule has 0 aliphatic carbocycles. The highest BCUT2D eigenvalue weighted by atomic mass is 79.9. The van der Waals surface area contributed by atoms with E-state index in [9.17, 15) is 21.6 Å². The van der Waals surface area contributed by atoms with E-state index in [0.717, 1.165) is 4.47 Å². The summed E-state index contributed by atoms with van der Waals surface area (Å²) in [5, 5.41) is 6.45. The Balaban J connectivity index is 1.81. The van der Waals surface area contributed by atoms with E-state index in [1.54, 1.807) is 12.1 Å². The van der Waals surface area contributed by atoms with Gasteiger partial charge in [0.2, 0.25) is 15.9 Å². The molecule has 0 spiro atoms. The zero-order chi connectivity index (χ0) is 18.2. The lowest BCUT2D eigenvalue weighted by atomic mass is 10.00. The van der Waals surface area contributed by atoms with E-state index in [0.29, 0.717) is 12.8 Å². The third kappa shape index (κ3) is 3.87. The van der Waals surface area contributed by atoms with Crippen molar-refractivity contribution in [1.29, 1.82) is 0 Å². The van der Waals surface area contributed by atoms with Crippen molar-refractivity contribution < 1.29 is 26.0 Å². The van der Waals surface area contributed by atoms with Gasteiger partial charge in [0.15, 0.2) is 0 Å². The normalized spacial score (nSPS) is 19.9. The first-order chi connectivity index (χ1) is 11.7. The largest absolute Gasteiger partial charge is 0.470 e. The molecule has 0 bridgehead atoms. The van der Waals surface area contributed by atoms with Crippen molar-refractivity contribution in [2.45, 2.75) is 29.8 Å². The van der Waals surface area contributed by atoms with E-state index >= 15 is 0 Å². The lowest BCUT2D eigenvalue weighted by Gasteiger charge is -2.30. The highest BCUT2D eigenvalue weighted by Crippen LogP contribution is 2.33. The summed E-state index contributed by atoms with van der Waals surface area (Å²) in [5.74, 6) is -2.18. The van der Waals surface area contributed by atoms with Crippen molar-refractivity contribution >= 4 is 26.0 Å². The molecule has 0 amide bonds. The molecule has 25 heavy (non-hydrogen) atoms. The lowest BCUT2D eigenvalue weighted by molar-refractivity contribution is -0.157. The summed E-state index contributed by atoms with van der Waals surface area (Å²) in [6.07, 6.45) is -3.75. The molecule has 0 N–H and O–H groups in total. The number of piperidine rings is 1. The van der Waals surface area contributed by atoms with Gasteiger partial charge in [-0.25, -0.2) is 8.42 Å². The Morgan fingerprint density at radius 3 is 2.48 bits per heavy atom. The van der Waals surface area contributed by atoms with E-state index in [2.05, 4.69) is 26.1 Å². The highest BCUT2D eigenvalue weighted by Gasteiger charge is 2.40. The fraction of sp³-hybridized carbons (Fsp3) is 0.429. The zero-order valence-electron chi connectivity index (χ0n) is 12.7.